The van der Waals surface area contributed by atoms with Gasteiger partial charge < -0.3 is 9.84 Å². The van der Waals surface area contributed by atoms with Crippen molar-refractivity contribution in [3.63, 3.8) is 0 Å². The summed E-state index contributed by atoms with van der Waals surface area (Å²) in [6, 6.07) is 9.52. The number of hydrogen-bond donors (Lipinski definition) is 1. The van der Waals surface area contributed by atoms with E-state index in [0.717, 1.165) is 17.0 Å². The fourth-order valence-corrected chi connectivity index (χ4v) is 3.42. The summed E-state index contributed by atoms with van der Waals surface area (Å²) in [7, 11) is -1.74. The number of aliphatic hydroxyl groups is 1. The Morgan fingerprint density at radius 1 is 1.40 bits per heavy atom. The van der Waals surface area contributed by atoms with Crippen molar-refractivity contribution in [1.82, 2.24) is 0 Å². The summed E-state index contributed by atoms with van der Waals surface area (Å²) >= 11 is 0. The van der Waals surface area contributed by atoms with Gasteiger partial charge in [0, 0.05) is 5.20 Å². The molecule has 5 heteroatoms. The molecule has 0 spiro atoms. The predicted octanol–water partition coefficient (Wildman–Crippen LogP) is 4.54. The maximum absolute atomic E-state index is 9.63. The van der Waals surface area contributed by atoms with Crippen LogP contribution < -0.4 is 0 Å². The lowest BCUT2D eigenvalue weighted by atomic mass is 10.1. The molecule has 1 unspecified atom stereocenters. The van der Waals surface area contributed by atoms with Gasteiger partial charge in [-0.15, -0.1) is 5.73 Å². The predicted molar refractivity (Wildman–Crippen MR) is 82.1 cm³/mol. The molecule has 0 aliphatic carbocycles. The van der Waals surface area contributed by atoms with Gasteiger partial charge in [-0.1, -0.05) is 56.6 Å². The first-order valence-electron chi connectivity index (χ1n) is 6.25. The first kappa shape index (κ1) is 15.8. The van der Waals surface area contributed by atoms with Gasteiger partial charge >= 0.3 is 12.1 Å². The minimum atomic E-state index is -1.74. The van der Waals surface area contributed by atoms with Gasteiger partial charge in [0.25, 0.3) is 0 Å². The van der Waals surface area contributed by atoms with Gasteiger partial charge in [-0.3, -0.25) is 0 Å². The van der Waals surface area contributed by atoms with Crippen LogP contribution in [-0.2, 0) is 4.74 Å². The van der Waals surface area contributed by atoms with E-state index in [1.54, 1.807) is 0 Å². The van der Waals surface area contributed by atoms with E-state index in [-0.39, 0.29) is 0 Å². The number of nitrogens with zero attached hydrogens (tertiary/aromatic N) is 2. The number of diazo groups is 1. The van der Waals surface area contributed by atoms with E-state index < -0.39 is 20.1 Å². The van der Waals surface area contributed by atoms with Crippen molar-refractivity contribution < 1.29 is 9.84 Å². The Labute approximate surface area is 120 Å². The fourth-order valence-electron chi connectivity index (χ4n) is 1.87. The average molecular weight is 287 g/mol. The Morgan fingerprint density at radius 2 is 2.00 bits per heavy atom. The van der Waals surface area contributed by atoms with E-state index in [2.05, 4.69) is 36.9 Å². The van der Waals surface area contributed by atoms with Crippen LogP contribution in [0, 0.1) is 5.39 Å². The lowest BCUT2D eigenvalue weighted by Gasteiger charge is -2.27. The standard InChI is InChI=1S/C15H18N2O2Si/c1-5-13(20(2,3)4)15(19-14(18)11-17-16)12-9-7-6-8-10-12/h6-11,15H,1H2,2-4H3/p+1/b14-11+. The molecule has 0 aromatic heterocycles. The third kappa shape index (κ3) is 4.13. The lowest BCUT2D eigenvalue weighted by molar-refractivity contribution is 0.0537. The highest BCUT2D eigenvalue weighted by atomic mass is 28.3. The Kier molecular flexibility index (Phi) is 5.33. The number of rotatable bonds is 5. The topological polar surface area (TPSA) is 57.6 Å². The molecule has 0 amide bonds. The number of hydrogen-bond acceptors (Lipinski definition) is 3. The second-order valence-corrected chi connectivity index (χ2v) is 10.4. The van der Waals surface area contributed by atoms with Gasteiger partial charge in [0.1, 0.15) is 0 Å². The Morgan fingerprint density at radius 3 is 2.45 bits per heavy atom. The van der Waals surface area contributed by atoms with Crippen molar-refractivity contribution in [1.29, 1.82) is 5.39 Å². The molecule has 1 aromatic carbocycles. The highest BCUT2D eigenvalue weighted by Crippen LogP contribution is 2.33. The summed E-state index contributed by atoms with van der Waals surface area (Å²) in [6.45, 7) is 10.2. The molecular formula is C15H19N2O2Si+. The third-order valence-electron chi connectivity index (χ3n) is 2.77. The van der Waals surface area contributed by atoms with Crippen LogP contribution >= 0.6 is 0 Å². The minimum Gasteiger partial charge on any atom is -0.476 e. The molecule has 0 aliphatic rings. The second-order valence-electron chi connectivity index (χ2n) is 5.33. The van der Waals surface area contributed by atoms with Gasteiger partial charge in [0.15, 0.2) is 11.1 Å². The van der Waals surface area contributed by atoms with Gasteiger partial charge in [-0.05, 0) is 5.56 Å². The van der Waals surface area contributed by atoms with Crippen LogP contribution in [0.25, 0.3) is 4.98 Å². The van der Waals surface area contributed by atoms with Crippen LogP contribution in [0.4, 0.5) is 0 Å². The molecule has 1 rings (SSSR count). The highest BCUT2D eigenvalue weighted by molar-refractivity contribution is 6.83. The van der Waals surface area contributed by atoms with Crippen LogP contribution in [-0.4, -0.2) is 13.2 Å². The van der Waals surface area contributed by atoms with Crippen molar-refractivity contribution in [3.8, 4) is 0 Å². The van der Waals surface area contributed by atoms with Crippen LogP contribution in [0.1, 0.15) is 11.7 Å². The van der Waals surface area contributed by atoms with Crippen LogP contribution in [0.3, 0.4) is 0 Å². The maximum Gasteiger partial charge on any atom is 0.429 e. The molecule has 0 heterocycles. The molecule has 0 bridgehead atoms. The van der Waals surface area contributed by atoms with Crippen LogP contribution in [0.5, 0.6) is 0 Å². The number of benzene rings is 1. The van der Waals surface area contributed by atoms with E-state index >= 15 is 0 Å². The van der Waals surface area contributed by atoms with E-state index in [1.807, 2.05) is 30.3 Å². The normalized spacial score (nSPS) is 13.0. The third-order valence-corrected chi connectivity index (χ3v) is 4.82. The van der Waals surface area contributed by atoms with E-state index in [9.17, 15) is 5.11 Å². The van der Waals surface area contributed by atoms with E-state index in [4.69, 9.17) is 10.1 Å². The fraction of sp³-hybridized carbons (Fsp3) is 0.267. The zero-order chi connectivity index (χ0) is 15.2. The van der Waals surface area contributed by atoms with E-state index in [1.165, 1.54) is 0 Å². The minimum absolute atomic E-state index is 0.452. The summed E-state index contributed by atoms with van der Waals surface area (Å²) < 4.78 is 5.51. The number of aliphatic hydroxyl groups excluding tert-OH is 1. The maximum atomic E-state index is 9.63. The highest BCUT2D eigenvalue weighted by Gasteiger charge is 2.30. The first-order valence-corrected chi connectivity index (χ1v) is 9.75. The molecule has 1 aromatic rings. The molecule has 0 radical (unpaired) electrons. The summed E-state index contributed by atoms with van der Waals surface area (Å²) in [5.41, 5.74) is 3.85. The van der Waals surface area contributed by atoms with Gasteiger partial charge in [0.2, 0.25) is 5.39 Å². The van der Waals surface area contributed by atoms with Crippen LogP contribution in [0.15, 0.2) is 60.0 Å². The first-order chi connectivity index (χ1) is 9.40. The van der Waals surface area contributed by atoms with Crippen molar-refractivity contribution in [2.45, 2.75) is 25.7 Å². The molecule has 0 fully saturated rings. The quantitative estimate of drug-likeness (QED) is 0.374. The van der Waals surface area contributed by atoms with Crippen molar-refractivity contribution in [2.75, 3.05) is 0 Å². The molecular weight excluding hydrogens is 268 g/mol. The van der Waals surface area contributed by atoms with Crippen molar-refractivity contribution in [3.05, 3.63) is 70.5 Å². The van der Waals surface area contributed by atoms with Gasteiger partial charge in [-0.2, -0.15) is 0 Å². The summed E-state index contributed by atoms with van der Waals surface area (Å²) in [6.07, 6.45) is 0.360. The van der Waals surface area contributed by atoms with Gasteiger partial charge in [-0.25, -0.2) is 0 Å². The molecule has 1 N–H and O–H groups in total. The SMILES string of the molecule is C=C=C(C(O/C(O)=C/[N+]#N)c1ccccc1)[Si](C)(C)C. The summed E-state index contributed by atoms with van der Waals surface area (Å²) in [5, 5.41) is 19.0. The summed E-state index contributed by atoms with van der Waals surface area (Å²) in [5.74, 6) is -0.452. The monoisotopic (exact) mass is 287 g/mol. The molecule has 1 atom stereocenters. The summed E-state index contributed by atoms with van der Waals surface area (Å²) in [4.78, 5) is 2.76. The molecule has 104 valence electrons. The molecule has 0 saturated heterocycles. The average Bonchev–Trinajstić information content (AvgIpc) is 2.38. The zero-order valence-electron chi connectivity index (χ0n) is 12.0. The van der Waals surface area contributed by atoms with Crippen molar-refractivity contribution in [2.24, 2.45) is 0 Å². The molecule has 0 aliphatic heterocycles. The second kappa shape index (κ2) is 6.76. The Bertz CT molecular complexity index is 576. The lowest BCUT2D eigenvalue weighted by Crippen LogP contribution is -2.29. The largest absolute Gasteiger partial charge is 0.476 e. The Balaban J connectivity index is 3.26. The molecule has 20 heavy (non-hydrogen) atoms. The van der Waals surface area contributed by atoms with Crippen molar-refractivity contribution >= 4 is 8.07 Å². The number of ether oxygens (including phenoxy) is 1. The molecule has 0 saturated carbocycles. The van der Waals surface area contributed by atoms with E-state index in [0.29, 0.717) is 0 Å². The molecule has 4 nitrogen and oxygen atoms in total. The smallest absolute Gasteiger partial charge is 0.429 e. The Hall–Kier alpha value is -2.28. The zero-order valence-corrected chi connectivity index (χ0v) is 13.0. The van der Waals surface area contributed by atoms with Crippen LogP contribution in [0.2, 0.25) is 19.6 Å². The van der Waals surface area contributed by atoms with Gasteiger partial charge in [0.05, 0.1) is 8.07 Å².